The lowest BCUT2D eigenvalue weighted by Gasteiger charge is -2.05. The summed E-state index contributed by atoms with van der Waals surface area (Å²) in [4.78, 5) is 0. The Balaban J connectivity index is 2.44. The van der Waals surface area contributed by atoms with Gasteiger partial charge in [-0.15, -0.1) is 0 Å². The van der Waals surface area contributed by atoms with Crippen LogP contribution in [0.1, 0.15) is 0 Å². The van der Waals surface area contributed by atoms with Gasteiger partial charge in [0.05, 0.1) is 12.8 Å². The number of ether oxygens (including phenoxy) is 1. The molecule has 0 aliphatic carbocycles. The number of nitrogen functional groups attached to an aromatic ring is 1. The summed E-state index contributed by atoms with van der Waals surface area (Å²) < 4.78 is 6.57. The molecule has 0 fully saturated rings. The van der Waals surface area contributed by atoms with Crippen molar-refractivity contribution >= 4 is 5.95 Å². The molecule has 0 spiro atoms. The van der Waals surface area contributed by atoms with Gasteiger partial charge >= 0.3 is 0 Å². The molecule has 1 aromatic carbocycles. The number of nitrogens with one attached hydrogen (secondary N) is 1. The average molecular weight is 206 g/mol. The molecule has 2 rings (SSSR count). The molecule has 0 amide bonds. The molecule has 7 heteroatoms. The Labute approximate surface area is 85.8 Å². The average Bonchev–Trinajstić information content (AvgIpc) is 2.77. The molecule has 1 heterocycles. The van der Waals surface area contributed by atoms with Crippen molar-refractivity contribution in [2.45, 2.75) is 0 Å². The van der Waals surface area contributed by atoms with Crippen molar-refractivity contribution in [1.82, 2.24) is 20.2 Å². The molecule has 0 aliphatic rings. The third-order valence-electron chi connectivity index (χ3n) is 1.90. The summed E-state index contributed by atoms with van der Waals surface area (Å²) in [6.45, 7) is 0. The van der Waals surface area contributed by atoms with E-state index in [1.165, 1.54) is 4.68 Å². The summed E-state index contributed by atoms with van der Waals surface area (Å²) in [6.07, 6.45) is 0. The quantitative estimate of drug-likeness (QED) is 0.540. The van der Waals surface area contributed by atoms with Gasteiger partial charge in [0, 0.05) is 6.07 Å². The van der Waals surface area contributed by atoms with Gasteiger partial charge in [0.15, 0.2) is 0 Å². The molecule has 78 valence electrons. The first-order chi connectivity index (χ1) is 7.35. The maximum absolute atomic E-state index is 5.26. The number of tetrazole rings is 1. The molecular weight excluding hydrogens is 196 g/mol. The number of anilines is 1. The van der Waals surface area contributed by atoms with Gasteiger partial charge in [-0.2, -0.15) is 4.68 Å². The Hall–Kier alpha value is -2.15. The predicted octanol–water partition coefficient (Wildman–Crippen LogP) is -0.0435. The van der Waals surface area contributed by atoms with E-state index in [-0.39, 0.29) is 0 Å². The molecule has 7 nitrogen and oxygen atoms in total. The second-order valence-corrected chi connectivity index (χ2v) is 2.76. The van der Waals surface area contributed by atoms with Gasteiger partial charge in [0.25, 0.3) is 5.95 Å². The molecule has 0 aliphatic heterocycles. The van der Waals surface area contributed by atoms with Crippen molar-refractivity contribution in [3.63, 3.8) is 0 Å². The zero-order valence-electron chi connectivity index (χ0n) is 8.08. The van der Waals surface area contributed by atoms with E-state index in [0.29, 0.717) is 5.95 Å². The van der Waals surface area contributed by atoms with Gasteiger partial charge in [-0.3, -0.25) is 5.43 Å². The summed E-state index contributed by atoms with van der Waals surface area (Å²) in [6, 6.07) is 7.33. The molecule has 0 saturated carbocycles. The maximum atomic E-state index is 5.26. The molecule has 0 unspecified atom stereocenters. The standard InChI is InChI=1S/C8H10N6O/c1-15-7-4-2-3-6(5-7)14-8(10-9)11-12-13-14/h2-5H,9H2,1H3,(H,10,11,13). The highest BCUT2D eigenvalue weighted by Gasteiger charge is 2.06. The third-order valence-corrected chi connectivity index (χ3v) is 1.90. The van der Waals surface area contributed by atoms with E-state index < -0.39 is 0 Å². The summed E-state index contributed by atoms with van der Waals surface area (Å²) in [7, 11) is 1.60. The molecule has 3 N–H and O–H groups in total. The summed E-state index contributed by atoms with van der Waals surface area (Å²) >= 11 is 0. The lowest BCUT2D eigenvalue weighted by atomic mass is 10.3. The highest BCUT2D eigenvalue weighted by molar-refractivity contribution is 5.42. The predicted molar refractivity (Wildman–Crippen MR) is 53.5 cm³/mol. The van der Waals surface area contributed by atoms with Crippen LogP contribution in [-0.2, 0) is 0 Å². The van der Waals surface area contributed by atoms with Crippen molar-refractivity contribution < 1.29 is 4.74 Å². The fourth-order valence-corrected chi connectivity index (χ4v) is 1.19. The van der Waals surface area contributed by atoms with Crippen LogP contribution in [0.25, 0.3) is 5.69 Å². The highest BCUT2D eigenvalue weighted by Crippen LogP contribution is 2.17. The van der Waals surface area contributed by atoms with E-state index in [1.807, 2.05) is 18.2 Å². The largest absolute Gasteiger partial charge is 0.497 e. The second kappa shape index (κ2) is 3.93. The van der Waals surface area contributed by atoms with E-state index in [1.54, 1.807) is 13.2 Å². The van der Waals surface area contributed by atoms with Crippen LogP contribution in [-0.4, -0.2) is 27.3 Å². The topological polar surface area (TPSA) is 90.9 Å². The molecule has 0 saturated heterocycles. The zero-order valence-corrected chi connectivity index (χ0v) is 8.08. The first-order valence-corrected chi connectivity index (χ1v) is 4.24. The van der Waals surface area contributed by atoms with Gasteiger partial charge in [0.2, 0.25) is 0 Å². The Kier molecular flexibility index (Phi) is 2.46. The molecule has 0 radical (unpaired) electrons. The van der Waals surface area contributed by atoms with Gasteiger partial charge in [-0.05, 0) is 22.6 Å². The van der Waals surface area contributed by atoms with E-state index in [2.05, 4.69) is 21.0 Å². The Morgan fingerprint density at radius 2 is 2.33 bits per heavy atom. The zero-order chi connectivity index (χ0) is 10.7. The van der Waals surface area contributed by atoms with Crippen molar-refractivity contribution in [3.05, 3.63) is 24.3 Å². The van der Waals surface area contributed by atoms with Crippen molar-refractivity contribution in [1.29, 1.82) is 0 Å². The summed E-state index contributed by atoms with van der Waals surface area (Å²) in [5.41, 5.74) is 3.17. The minimum atomic E-state index is 0.364. The van der Waals surface area contributed by atoms with Crippen LogP contribution in [0.15, 0.2) is 24.3 Å². The monoisotopic (exact) mass is 206 g/mol. The number of nitrogens with two attached hydrogens (primary N) is 1. The van der Waals surface area contributed by atoms with E-state index in [9.17, 15) is 0 Å². The lowest BCUT2D eigenvalue weighted by Crippen LogP contribution is -2.13. The molecule has 2 aromatic rings. The van der Waals surface area contributed by atoms with Gasteiger partial charge in [0.1, 0.15) is 5.75 Å². The summed E-state index contributed by atoms with van der Waals surface area (Å²) in [5, 5.41) is 11.0. The van der Waals surface area contributed by atoms with Crippen LogP contribution in [0.5, 0.6) is 5.75 Å². The van der Waals surface area contributed by atoms with Crippen LogP contribution >= 0.6 is 0 Å². The number of methoxy groups -OCH3 is 1. The molecule has 0 atom stereocenters. The van der Waals surface area contributed by atoms with Crippen molar-refractivity contribution in [2.24, 2.45) is 5.84 Å². The highest BCUT2D eigenvalue weighted by atomic mass is 16.5. The van der Waals surface area contributed by atoms with E-state index in [4.69, 9.17) is 10.6 Å². The number of hydrogen-bond donors (Lipinski definition) is 2. The minimum Gasteiger partial charge on any atom is -0.497 e. The minimum absolute atomic E-state index is 0.364. The first kappa shape index (κ1) is 9.41. The van der Waals surface area contributed by atoms with Crippen LogP contribution in [0, 0.1) is 0 Å². The number of hydrogen-bond acceptors (Lipinski definition) is 6. The number of benzene rings is 1. The Bertz CT molecular complexity index is 454. The van der Waals surface area contributed by atoms with Gasteiger partial charge in [-0.25, -0.2) is 5.84 Å². The number of hydrazine groups is 1. The van der Waals surface area contributed by atoms with Crippen LogP contribution in [0.2, 0.25) is 0 Å². The Morgan fingerprint density at radius 3 is 3.07 bits per heavy atom. The number of rotatable bonds is 3. The molecule has 0 bridgehead atoms. The fourth-order valence-electron chi connectivity index (χ4n) is 1.19. The van der Waals surface area contributed by atoms with Crippen LogP contribution in [0.4, 0.5) is 5.95 Å². The summed E-state index contributed by atoms with van der Waals surface area (Å²) in [5.74, 6) is 6.35. The third kappa shape index (κ3) is 1.72. The van der Waals surface area contributed by atoms with Crippen molar-refractivity contribution in [2.75, 3.05) is 12.5 Å². The molecular formula is C8H10N6O. The normalized spacial score (nSPS) is 10.0. The van der Waals surface area contributed by atoms with Gasteiger partial charge in [-0.1, -0.05) is 11.2 Å². The number of aromatic nitrogens is 4. The van der Waals surface area contributed by atoms with E-state index >= 15 is 0 Å². The Morgan fingerprint density at radius 1 is 1.47 bits per heavy atom. The maximum Gasteiger partial charge on any atom is 0.261 e. The van der Waals surface area contributed by atoms with E-state index in [0.717, 1.165) is 11.4 Å². The SMILES string of the molecule is COc1cccc(-n2nnnc2NN)c1. The van der Waals surface area contributed by atoms with Crippen LogP contribution in [0.3, 0.4) is 0 Å². The molecule has 15 heavy (non-hydrogen) atoms. The first-order valence-electron chi connectivity index (χ1n) is 4.24. The smallest absolute Gasteiger partial charge is 0.261 e. The number of nitrogens with zero attached hydrogens (tertiary/aromatic N) is 4. The van der Waals surface area contributed by atoms with Gasteiger partial charge < -0.3 is 4.74 Å². The fraction of sp³-hybridized carbons (Fsp3) is 0.125. The lowest BCUT2D eigenvalue weighted by molar-refractivity contribution is 0.414. The second-order valence-electron chi connectivity index (χ2n) is 2.76. The van der Waals surface area contributed by atoms with Crippen molar-refractivity contribution in [3.8, 4) is 11.4 Å². The molecule has 1 aromatic heterocycles. The van der Waals surface area contributed by atoms with Crippen LogP contribution < -0.4 is 16.0 Å².